The fourth-order valence-electron chi connectivity index (χ4n) is 2.76. The van der Waals surface area contributed by atoms with Crippen LogP contribution in [0.4, 0.5) is 19.0 Å². The van der Waals surface area contributed by atoms with Crippen LogP contribution in [0, 0.1) is 0 Å². The van der Waals surface area contributed by atoms with Crippen LogP contribution < -0.4 is 5.32 Å². The van der Waals surface area contributed by atoms with Crippen molar-refractivity contribution >= 4 is 22.6 Å². The molecule has 144 valence electrons. The van der Waals surface area contributed by atoms with Crippen molar-refractivity contribution in [2.24, 2.45) is 0 Å². The minimum Gasteiger partial charge on any atom is -0.306 e. The molecule has 2 heterocycles. The van der Waals surface area contributed by atoms with E-state index in [1.807, 2.05) is 0 Å². The number of rotatable bonds is 3. The average Bonchev–Trinajstić information content (AvgIpc) is 2.73. The van der Waals surface area contributed by atoms with Crippen LogP contribution in [-0.4, -0.2) is 25.8 Å². The summed E-state index contributed by atoms with van der Waals surface area (Å²) in [7, 11) is 0. The van der Waals surface area contributed by atoms with Gasteiger partial charge < -0.3 is 5.32 Å². The first-order valence-electron chi connectivity index (χ1n) is 8.42. The van der Waals surface area contributed by atoms with Crippen LogP contribution in [0.15, 0.2) is 67.3 Å². The molecule has 0 aliphatic heterocycles. The number of halogens is 3. The third-order valence-electron chi connectivity index (χ3n) is 4.13. The van der Waals surface area contributed by atoms with Crippen LogP contribution in [0.3, 0.4) is 0 Å². The summed E-state index contributed by atoms with van der Waals surface area (Å²) >= 11 is 0. The highest BCUT2D eigenvalue weighted by Gasteiger charge is 2.30. The maximum absolute atomic E-state index is 13.0. The van der Waals surface area contributed by atoms with E-state index in [-0.39, 0.29) is 17.0 Å². The predicted octanol–water partition coefficient (Wildman–Crippen LogP) is 4.36. The van der Waals surface area contributed by atoms with E-state index >= 15 is 0 Å². The number of anilines is 1. The van der Waals surface area contributed by atoms with Gasteiger partial charge in [0, 0.05) is 23.3 Å². The second-order valence-electron chi connectivity index (χ2n) is 6.06. The van der Waals surface area contributed by atoms with Crippen molar-refractivity contribution in [1.29, 1.82) is 0 Å². The zero-order valence-electron chi connectivity index (χ0n) is 14.7. The molecule has 1 amide bonds. The Morgan fingerprint density at radius 2 is 1.83 bits per heavy atom. The van der Waals surface area contributed by atoms with Gasteiger partial charge in [0.2, 0.25) is 0 Å². The summed E-state index contributed by atoms with van der Waals surface area (Å²) in [5.41, 5.74) is -0.0283. The summed E-state index contributed by atoms with van der Waals surface area (Å²) in [5, 5.41) is 3.22. The van der Waals surface area contributed by atoms with Crippen molar-refractivity contribution in [3.8, 4) is 11.4 Å². The minimum absolute atomic E-state index is 0.0888. The lowest BCUT2D eigenvalue weighted by atomic mass is 10.1. The first kappa shape index (κ1) is 18.5. The minimum atomic E-state index is -4.48. The quantitative estimate of drug-likeness (QED) is 0.558. The SMILES string of the molecule is O=C(Nc1ccncn1)c1cccc2cnc(-c3cccc(C(F)(F)F)c3)nc12. The molecule has 0 saturated heterocycles. The highest BCUT2D eigenvalue weighted by atomic mass is 19.4. The van der Waals surface area contributed by atoms with Crippen molar-refractivity contribution in [3.63, 3.8) is 0 Å². The van der Waals surface area contributed by atoms with Crippen LogP contribution >= 0.6 is 0 Å². The molecule has 0 spiro atoms. The number of fused-ring (bicyclic) bond motifs is 1. The Balaban J connectivity index is 1.76. The molecule has 0 unspecified atom stereocenters. The molecule has 0 aliphatic carbocycles. The van der Waals surface area contributed by atoms with Gasteiger partial charge >= 0.3 is 6.18 Å². The van der Waals surface area contributed by atoms with Crippen molar-refractivity contribution in [2.75, 3.05) is 5.32 Å². The molecule has 0 radical (unpaired) electrons. The van der Waals surface area contributed by atoms with E-state index in [0.29, 0.717) is 16.7 Å². The second-order valence-corrected chi connectivity index (χ2v) is 6.06. The molecular weight excluding hydrogens is 383 g/mol. The Kier molecular flexibility index (Phi) is 4.63. The van der Waals surface area contributed by atoms with Gasteiger partial charge in [0.15, 0.2) is 5.82 Å². The van der Waals surface area contributed by atoms with Gasteiger partial charge in [-0.2, -0.15) is 13.2 Å². The Bertz CT molecular complexity index is 1200. The summed E-state index contributed by atoms with van der Waals surface area (Å²) in [5.74, 6) is -0.0527. The van der Waals surface area contributed by atoms with Gasteiger partial charge in [-0.1, -0.05) is 24.3 Å². The number of hydrogen-bond acceptors (Lipinski definition) is 5. The molecule has 2 aromatic carbocycles. The molecule has 0 aliphatic rings. The number of para-hydroxylation sites is 1. The maximum atomic E-state index is 13.0. The molecular formula is C20H12F3N5O. The number of alkyl halides is 3. The highest BCUT2D eigenvalue weighted by Crippen LogP contribution is 2.31. The van der Waals surface area contributed by atoms with Gasteiger partial charge in [0.1, 0.15) is 12.1 Å². The van der Waals surface area contributed by atoms with Gasteiger partial charge in [-0.15, -0.1) is 0 Å². The number of nitrogens with one attached hydrogen (secondary N) is 1. The number of hydrogen-bond donors (Lipinski definition) is 1. The number of carbonyl (C=O) groups is 1. The van der Waals surface area contributed by atoms with Gasteiger partial charge in [-0.25, -0.2) is 19.9 Å². The molecule has 0 bridgehead atoms. The van der Waals surface area contributed by atoms with E-state index in [0.717, 1.165) is 12.1 Å². The highest BCUT2D eigenvalue weighted by molar-refractivity contribution is 6.11. The van der Waals surface area contributed by atoms with Gasteiger partial charge in [0.05, 0.1) is 16.6 Å². The molecule has 9 heteroatoms. The van der Waals surface area contributed by atoms with E-state index in [1.54, 1.807) is 18.2 Å². The van der Waals surface area contributed by atoms with Crippen LogP contribution in [-0.2, 0) is 6.18 Å². The summed E-state index contributed by atoms with van der Waals surface area (Å²) in [6.45, 7) is 0. The number of amides is 1. The molecule has 2 aromatic heterocycles. The van der Waals surface area contributed by atoms with Gasteiger partial charge in [-0.3, -0.25) is 4.79 Å². The number of aromatic nitrogens is 4. The summed E-state index contributed by atoms with van der Waals surface area (Å²) in [6.07, 6.45) is -0.221. The number of benzene rings is 2. The standard InChI is InChI=1S/C20H12F3N5O/c21-20(22,23)14-5-1-3-12(9-14)18-25-10-13-4-2-6-15(17(13)28-18)19(29)27-16-7-8-24-11-26-16/h1-11H,(H,24,26,27,29). The van der Waals surface area contributed by atoms with E-state index in [4.69, 9.17) is 0 Å². The molecule has 4 aromatic rings. The van der Waals surface area contributed by atoms with Crippen molar-refractivity contribution in [1.82, 2.24) is 19.9 Å². The van der Waals surface area contributed by atoms with Crippen LogP contribution in [0.25, 0.3) is 22.3 Å². The van der Waals surface area contributed by atoms with Crippen LogP contribution in [0.5, 0.6) is 0 Å². The lowest BCUT2D eigenvalue weighted by molar-refractivity contribution is -0.137. The second kappa shape index (κ2) is 7.27. The summed E-state index contributed by atoms with van der Waals surface area (Å²) in [4.78, 5) is 28.9. The largest absolute Gasteiger partial charge is 0.416 e. The van der Waals surface area contributed by atoms with Crippen LogP contribution in [0.2, 0.25) is 0 Å². The first-order chi connectivity index (χ1) is 13.9. The molecule has 29 heavy (non-hydrogen) atoms. The predicted molar refractivity (Wildman–Crippen MR) is 100.0 cm³/mol. The normalized spacial score (nSPS) is 11.4. The zero-order chi connectivity index (χ0) is 20.4. The fraction of sp³-hybridized carbons (Fsp3) is 0.0500. The van der Waals surface area contributed by atoms with Gasteiger partial charge in [0.25, 0.3) is 5.91 Å². The lowest BCUT2D eigenvalue weighted by Crippen LogP contribution is -2.14. The zero-order valence-corrected chi connectivity index (χ0v) is 14.7. The Labute approximate surface area is 162 Å². The molecule has 0 fully saturated rings. The maximum Gasteiger partial charge on any atom is 0.416 e. The summed E-state index contributed by atoms with van der Waals surface area (Å²) in [6, 6.07) is 11.2. The summed E-state index contributed by atoms with van der Waals surface area (Å²) < 4.78 is 39.0. The number of carbonyl (C=O) groups excluding carboxylic acids is 1. The molecule has 1 N–H and O–H groups in total. The average molecular weight is 395 g/mol. The van der Waals surface area contributed by atoms with E-state index in [9.17, 15) is 18.0 Å². The van der Waals surface area contributed by atoms with Crippen molar-refractivity contribution in [2.45, 2.75) is 6.18 Å². The Hall–Kier alpha value is -3.88. The molecule has 4 rings (SSSR count). The van der Waals surface area contributed by atoms with Crippen molar-refractivity contribution < 1.29 is 18.0 Å². The smallest absolute Gasteiger partial charge is 0.306 e. The third-order valence-corrected chi connectivity index (χ3v) is 4.13. The number of nitrogens with zero attached hydrogens (tertiary/aromatic N) is 4. The Morgan fingerprint density at radius 3 is 2.59 bits per heavy atom. The molecule has 6 nitrogen and oxygen atoms in total. The fourth-order valence-corrected chi connectivity index (χ4v) is 2.76. The van der Waals surface area contributed by atoms with Crippen LogP contribution in [0.1, 0.15) is 15.9 Å². The van der Waals surface area contributed by atoms with E-state index < -0.39 is 17.6 Å². The monoisotopic (exact) mass is 395 g/mol. The molecule has 0 saturated carbocycles. The topological polar surface area (TPSA) is 80.7 Å². The van der Waals surface area contributed by atoms with Crippen molar-refractivity contribution in [3.05, 3.63) is 78.4 Å². The first-order valence-corrected chi connectivity index (χ1v) is 8.42. The molecule has 0 atom stereocenters. The van der Waals surface area contributed by atoms with E-state index in [1.165, 1.54) is 36.9 Å². The van der Waals surface area contributed by atoms with Gasteiger partial charge in [-0.05, 0) is 24.3 Å². The Morgan fingerprint density at radius 1 is 1.00 bits per heavy atom. The lowest BCUT2D eigenvalue weighted by Gasteiger charge is -2.10. The van der Waals surface area contributed by atoms with E-state index in [2.05, 4.69) is 25.3 Å². The third kappa shape index (κ3) is 3.88.